The van der Waals surface area contributed by atoms with Gasteiger partial charge in [-0.1, -0.05) is 12.1 Å². The molecule has 0 fully saturated rings. The molecule has 0 radical (unpaired) electrons. The van der Waals surface area contributed by atoms with Gasteiger partial charge in [0.1, 0.15) is 11.6 Å². The van der Waals surface area contributed by atoms with E-state index in [1.807, 2.05) is 0 Å². The van der Waals surface area contributed by atoms with Crippen molar-refractivity contribution >= 4 is 17.1 Å². The lowest BCUT2D eigenvalue weighted by molar-refractivity contribution is 0.619. The maximum atomic E-state index is 13.3. The molecule has 0 aliphatic rings. The van der Waals surface area contributed by atoms with Gasteiger partial charge in [-0.2, -0.15) is 0 Å². The number of aryl methyl sites for hydroxylation is 1. The summed E-state index contributed by atoms with van der Waals surface area (Å²) < 4.78 is 26.5. The highest BCUT2D eigenvalue weighted by molar-refractivity contribution is 5.72. The van der Waals surface area contributed by atoms with E-state index >= 15 is 0 Å². The standard InChI is InChI=1S/C13H12F2N2/c1-8-5-6-9(7-11(8)15)17-12-4-2-3-10(14)13(12)16/h2-7,17H,16H2,1H3. The van der Waals surface area contributed by atoms with Gasteiger partial charge in [0.25, 0.3) is 0 Å². The van der Waals surface area contributed by atoms with Crippen LogP contribution in [0.4, 0.5) is 25.8 Å². The molecular formula is C13H12F2N2. The van der Waals surface area contributed by atoms with Gasteiger partial charge in [0.2, 0.25) is 0 Å². The Labute approximate surface area is 98.1 Å². The summed E-state index contributed by atoms with van der Waals surface area (Å²) in [6.07, 6.45) is 0. The Bertz CT molecular complexity index is 553. The molecule has 3 N–H and O–H groups in total. The van der Waals surface area contributed by atoms with Crippen LogP contribution in [0, 0.1) is 18.6 Å². The fourth-order valence-corrected chi connectivity index (χ4v) is 1.47. The van der Waals surface area contributed by atoms with Crippen LogP contribution < -0.4 is 11.1 Å². The fourth-order valence-electron chi connectivity index (χ4n) is 1.47. The van der Waals surface area contributed by atoms with E-state index in [4.69, 9.17) is 5.73 Å². The molecular weight excluding hydrogens is 222 g/mol. The fraction of sp³-hybridized carbons (Fsp3) is 0.0769. The SMILES string of the molecule is Cc1ccc(Nc2cccc(F)c2N)cc1F. The van der Waals surface area contributed by atoms with E-state index in [0.717, 1.165) is 0 Å². The van der Waals surface area contributed by atoms with Gasteiger partial charge >= 0.3 is 0 Å². The highest BCUT2D eigenvalue weighted by Crippen LogP contribution is 2.25. The van der Waals surface area contributed by atoms with E-state index in [0.29, 0.717) is 16.9 Å². The molecule has 0 aromatic heterocycles. The lowest BCUT2D eigenvalue weighted by Gasteiger charge is -2.10. The summed E-state index contributed by atoms with van der Waals surface area (Å²) in [7, 11) is 0. The highest BCUT2D eigenvalue weighted by Gasteiger charge is 2.05. The van der Waals surface area contributed by atoms with Crippen molar-refractivity contribution in [1.82, 2.24) is 0 Å². The molecule has 17 heavy (non-hydrogen) atoms. The molecule has 0 spiro atoms. The van der Waals surface area contributed by atoms with Crippen molar-refractivity contribution in [3.05, 3.63) is 53.6 Å². The Kier molecular flexibility index (Phi) is 2.95. The first-order valence-corrected chi connectivity index (χ1v) is 5.15. The number of benzene rings is 2. The van der Waals surface area contributed by atoms with Crippen molar-refractivity contribution in [2.24, 2.45) is 0 Å². The molecule has 0 unspecified atom stereocenters. The second-order valence-electron chi connectivity index (χ2n) is 3.79. The first-order chi connectivity index (χ1) is 8.08. The zero-order valence-corrected chi connectivity index (χ0v) is 9.30. The van der Waals surface area contributed by atoms with Gasteiger partial charge in [0.05, 0.1) is 11.4 Å². The molecule has 2 aromatic carbocycles. The molecule has 0 heterocycles. The van der Waals surface area contributed by atoms with Crippen LogP contribution in [0.3, 0.4) is 0 Å². The Morgan fingerprint density at radius 2 is 1.82 bits per heavy atom. The average Bonchev–Trinajstić information content (AvgIpc) is 2.30. The van der Waals surface area contributed by atoms with Crippen LogP contribution in [0.5, 0.6) is 0 Å². The van der Waals surface area contributed by atoms with Crippen LogP contribution in [-0.2, 0) is 0 Å². The molecule has 2 nitrogen and oxygen atoms in total. The maximum absolute atomic E-state index is 13.3. The minimum atomic E-state index is -0.498. The number of nitrogen functional groups attached to an aromatic ring is 1. The van der Waals surface area contributed by atoms with E-state index in [1.165, 1.54) is 12.1 Å². The molecule has 88 valence electrons. The second-order valence-corrected chi connectivity index (χ2v) is 3.79. The molecule has 4 heteroatoms. The van der Waals surface area contributed by atoms with Crippen LogP contribution in [0.2, 0.25) is 0 Å². The predicted octanol–water partition coefficient (Wildman–Crippen LogP) is 3.60. The van der Waals surface area contributed by atoms with Gasteiger partial charge in [-0.3, -0.25) is 0 Å². The number of hydrogen-bond acceptors (Lipinski definition) is 2. The summed E-state index contributed by atoms with van der Waals surface area (Å²) in [5.41, 5.74) is 7.10. The number of rotatable bonds is 2. The smallest absolute Gasteiger partial charge is 0.148 e. The van der Waals surface area contributed by atoms with E-state index in [-0.39, 0.29) is 11.5 Å². The number of nitrogens with two attached hydrogens (primary N) is 1. The summed E-state index contributed by atoms with van der Waals surface area (Å²) in [5, 5.41) is 2.88. The minimum Gasteiger partial charge on any atom is -0.395 e. The molecule has 0 saturated heterocycles. The molecule has 0 aliphatic carbocycles. The number of anilines is 3. The third-order valence-corrected chi connectivity index (χ3v) is 2.50. The molecule has 2 aromatic rings. The van der Waals surface area contributed by atoms with Crippen LogP contribution >= 0.6 is 0 Å². The Hall–Kier alpha value is -2.10. The van der Waals surface area contributed by atoms with Gasteiger partial charge in [-0.15, -0.1) is 0 Å². The van der Waals surface area contributed by atoms with Crippen molar-refractivity contribution in [1.29, 1.82) is 0 Å². The topological polar surface area (TPSA) is 38.0 Å². The first kappa shape index (κ1) is 11.4. The van der Waals surface area contributed by atoms with E-state index < -0.39 is 5.82 Å². The summed E-state index contributed by atoms with van der Waals surface area (Å²) in [4.78, 5) is 0. The lowest BCUT2D eigenvalue weighted by atomic mass is 10.2. The van der Waals surface area contributed by atoms with Gasteiger partial charge < -0.3 is 11.1 Å². The summed E-state index contributed by atoms with van der Waals surface area (Å²) in [5.74, 6) is -0.812. The number of nitrogens with one attached hydrogen (secondary N) is 1. The highest BCUT2D eigenvalue weighted by atomic mass is 19.1. The van der Waals surface area contributed by atoms with Gasteiger partial charge in [0.15, 0.2) is 0 Å². The number of hydrogen-bond donors (Lipinski definition) is 2. The summed E-state index contributed by atoms with van der Waals surface area (Å²) in [6, 6.07) is 9.15. The Balaban J connectivity index is 2.31. The monoisotopic (exact) mass is 234 g/mol. The van der Waals surface area contributed by atoms with Gasteiger partial charge in [-0.05, 0) is 36.8 Å². The van der Waals surface area contributed by atoms with E-state index in [1.54, 1.807) is 31.2 Å². The summed E-state index contributed by atoms with van der Waals surface area (Å²) >= 11 is 0. The van der Waals surface area contributed by atoms with Gasteiger partial charge in [0, 0.05) is 5.69 Å². The van der Waals surface area contributed by atoms with Crippen molar-refractivity contribution in [2.75, 3.05) is 11.1 Å². The lowest BCUT2D eigenvalue weighted by Crippen LogP contribution is -1.99. The molecule has 0 bridgehead atoms. The molecule has 0 aliphatic heterocycles. The molecule has 2 rings (SSSR count). The minimum absolute atomic E-state index is 0.0217. The van der Waals surface area contributed by atoms with Gasteiger partial charge in [-0.25, -0.2) is 8.78 Å². The van der Waals surface area contributed by atoms with Crippen molar-refractivity contribution in [2.45, 2.75) is 6.92 Å². The predicted molar refractivity (Wildman–Crippen MR) is 65.2 cm³/mol. The van der Waals surface area contributed by atoms with Crippen molar-refractivity contribution in [3.8, 4) is 0 Å². The largest absolute Gasteiger partial charge is 0.395 e. The average molecular weight is 234 g/mol. The first-order valence-electron chi connectivity index (χ1n) is 5.15. The molecule has 0 atom stereocenters. The van der Waals surface area contributed by atoms with Crippen LogP contribution in [0.25, 0.3) is 0 Å². The van der Waals surface area contributed by atoms with Crippen LogP contribution in [0.15, 0.2) is 36.4 Å². The quantitative estimate of drug-likeness (QED) is 0.779. The Morgan fingerprint density at radius 1 is 1.06 bits per heavy atom. The second kappa shape index (κ2) is 4.41. The van der Waals surface area contributed by atoms with Crippen LogP contribution in [0.1, 0.15) is 5.56 Å². The Morgan fingerprint density at radius 3 is 2.53 bits per heavy atom. The molecule has 0 amide bonds. The normalized spacial score (nSPS) is 10.3. The van der Waals surface area contributed by atoms with Crippen molar-refractivity contribution in [3.63, 3.8) is 0 Å². The number of halogens is 2. The third-order valence-electron chi connectivity index (χ3n) is 2.50. The van der Waals surface area contributed by atoms with E-state index in [2.05, 4.69) is 5.32 Å². The third kappa shape index (κ3) is 2.36. The molecule has 0 saturated carbocycles. The summed E-state index contributed by atoms with van der Waals surface area (Å²) in [6.45, 7) is 1.68. The van der Waals surface area contributed by atoms with Crippen molar-refractivity contribution < 1.29 is 8.78 Å². The maximum Gasteiger partial charge on any atom is 0.148 e. The number of para-hydroxylation sites is 1. The zero-order chi connectivity index (χ0) is 12.4. The zero-order valence-electron chi connectivity index (χ0n) is 9.30. The van der Waals surface area contributed by atoms with E-state index in [9.17, 15) is 8.78 Å². The van der Waals surface area contributed by atoms with Crippen LogP contribution in [-0.4, -0.2) is 0 Å².